The molecule has 0 unspecified atom stereocenters. The lowest BCUT2D eigenvalue weighted by molar-refractivity contribution is 0.772. The van der Waals surface area contributed by atoms with E-state index in [0.717, 1.165) is 0 Å². The Morgan fingerprint density at radius 2 is 1.14 bits per heavy atom. The molecule has 0 aromatic carbocycles. The maximum Gasteiger partial charge on any atom is -0.0538 e. The summed E-state index contributed by atoms with van der Waals surface area (Å²) in [4.78, 5) is 0. The molecule has 48 valence electrons. The lowest BCUT2D eigenvalue weighted by Gasteiger charge is -1.79. The fraction of sp³-hybridized carbons (Fsp3) is 1.00. The molecule has 0 aliphatic carbocycles. The van der Waals surface area contributed by atoms with Crippen molar-refractivity contribution in [2.24, 2.45) is 0 Å². The molecule has 7 heavy (non-hydrogen) atoms. The van der Waals surface area contributed by atoms with E-state index >= 15 is 0 Å². The summed E-state index contributed by atoms with van der Waals surface area (Å²) in [6.07, 6.45) is 4.08. The SMILES string of the molecule is CCCCC.S.S. The predicted molar refractivity (Wildman–Crippen MR) is 46.0 cm³/mol. The fourth-order valence-electron chi connectivity index (χ4n) is 0.354. The maximum atomic E-state index is 2.21. The molecule has 0 heterocycles. The van der Waals surface area contributed by atoms with E-state index in [1.54, 1.807) is 0 Å². The van der Waals surface area contributed by atoms with Crippen molar-refractivity contribution in [1.82, 2.24) is 0 Å². The van der Waals surface area contributed by atoms with Gasteiger partial charge in [0.05, 0.1) is 0 Å². The molecule has 2 heteroatoms. The highest BCUT2D eigenvalue weighted by molar-refractivity contribution is 7.59. The predicted octanol–water partition coefficient (Wildman–Crippen LogP) is 2.42. The Balaban J connectivity index is -0.0000000800. The van der Waals surface area contributed by atoms with E-state index in [0.29, 0.717) is 0 Å². The largest absolute Gasteiger partial charge is 0.197 e. The van der Waals surface area contributed by atoms with Crippen LogP contribution in [0.15, 0.2) is 0 Å². The Hall–Kier alpha value is 0.700. The van der Waals surface area contributed by atoms with Gasteiger partial charge in [0.2, 0.25) is 0 Å². The van der Waals surface area contributed by atoms with Crippen LogP contribution in [0.5, 0.6) is 0 Å². The van der Waals surface area contributed by atoms with Crippen molar-refractivity contribution in [2.45, 2.75) is 33.1 Å². The van der Waals surface area contributed by atoms with Crippen LogP contribution >= 0.6 is 27.0 Å². The summed E-state index contributed by atoms with van der Waals surface area (Å²) in [5.41, 5.74) is 0. The highest BCUT2D eigenvalue weighted by Gasteiger charge is 1.68. The van der Waals surface area contributed by atoms with E-state index in [4.69, 9.17) is 0 Å². The zero-order chi connectivity index (χ0) is 4.12. The summed E-state index contributed by atoms with van der Waals surface area (Å²) < 4.78 is 0. The Bertz CT molecular complexity index is 13.6. The first-order valence-electron chi connectivity index (χ1n) is 2.41. The lowest BCUT2D eigenvalue weighted by atomic mass is 10.3. The van der Waals surface area contributed by atoms with Gasteiger partial charge in [-0.2, -0.15) is 27.0 Å². The van der Waals surface area contributed by atoms with Crippen molar-refractivity contribution in [3.8, 4) is 0 Å². The maximum absolute atomic E-state index is 2.21. The molecule has 0 N–H and O–H groups in total. The molecule has 0 amide bonds. The van der Waals surface area contributed by atoms with E-state index < -0.39 is 0 Å². The second kappa shape index (κ2) is 15.9. The second-order valence-electron chi connectivity index (χ2n) is 1.35. The number of hydrogen-bond donors (Lipinski definition) is 0. The van der Waals surface area contributed by atoms with Gasteiger partial charge < -0.3 is 0 Å². The third-order valence-electron chi connectivity index (χ3n) is 0.707. The molecular weight excluding hydrogens is 124 g/mol. The standard InChI is InChI=1S/C5H12.2H2S/c1-3-5-4-2;;/h3-5H2,1-2H3;2*1H2. The minimum atomic E-state index is 0. The third kappa shape index (κ3) is 20.3. The minimum Gasteiger partial charge on any atom is -0.197 e. The van der Waals surface area contributed by atoms with Gasteiger partial charge in [-0.3, -0.25) is 0 Å². The molecule has 0 fully saturated rings. The highest BCUT2D eigenvalue weighted by atomic mass is 32.1. The van der Waals surface area contributed by atoms with E-state index in [9.17, 15) is 0 Å². The minimum absolute atomic E-state index is 0. The van der Waals surface area contributed by atoms with Gasteiger partial charge in [-0.15, -0.1) is 0 Å². The van der Waals surface area contributed by atoms with Crippen LogP contribution in [0.2, 0.25) is 0 Å². The average Bonchev–Trinajstić information content (AvgIpc) is 1.41. The van der Waals surface area contributed by atoms with Crippen molar-refractivity contribution in [3.63, 3.8) is 0 Å². The summed E-state index contributed by atoms with van der Waals surface area (Å²) in [5, 5.41) is 0. The van der Waals surface area contributed by atoms with Crippen LogP contribution in [-0.2, 0) is 0 Å². The van der Waals surface area contributed by atoms with Crippen LogP contribution in [0.25, 0.3) is 0 Å². The summed E-state index contributed by atoms with van der Waals surface area (Å²) >= 11 is 0. The molecule has 0 bridgehead atoms. The van der Waals surface area contributed by atoms with Gasteiger partial charge in [0.1, 0.15) is 0 Å². The van der Waals surface area contributed by atoms with Crippen LogP contribution in [-0.4, -0.2) is 0 Å². The van der Waals surface area contributed by atoms with Gasteiger partial charge in [0.15, 0.2) is 0 Å². The van der Waals surface area contributed by atoms with Gasteiger partial charge in [0.25, 0.3) is 0 Å². The molecule has 0 saturated heterocycles. The first-order chi connectivity index (χ1) is 2.41. The molecule has 0 radical (unpaired) electrons. The van der Waals surface area contributed by atoms with Crippen LogP contribution < -0.4 is 0 Å². The van der Waals surface area contributed by atoms with Gasteiger partial charge in [-0.05, 0) is 0 Å². The molecule has 0 aromatic heterocycles. The van der Waals surface area contributed by atoms with Gasteiger partial charge in [-0.1, -0.05) is 33.1 Å². The molecule has 0 aliphatic rings. The summed E-state index contributed by atoms with van der Waals surface area (Å²) in [6, 6.07) is 0. The second-order valence-corrected chi connectivity index (χ2v) is 1.35. The lowest BCUT2D eigenvalue weighted by Crippen LogP contribution is -1.59. The van der Waals surface area contributed by atoms with E-state index in [1.165, 1.54) is 19.3 Å². The van der Waals surface area contributed by atoms with Crippen molar-refractivity contribution in [3.05, 3.63) is 0 Å². The number of rotatable bonds is 2. The van der Waals surface area contributed by atoms with Crippen LogP contribution in [0.3, 0.4) is 0 Å². The summed E-state index contributed by atoms with van der Waals surface area (Å²) in [5.74, 6) is 0. The van der Waals surface area contributed by atoms with E-state index in [-0.39, 0.29) is 27.0 Å². The summed E-state index contributed by atoms with van der Waals surface area (Å²) in [7, 11) is 0. The van der Waals surface area contributed by atoms with E-state index in [1.807, 2.05) is 0 Å². The molecule has 0 nitrogen and oxygen atoms in total. The van der Waals surface area contributed by atoms with Crippen molar-refractivity contribution in [2.75, 3.05) is 0 Å². The van der Waals surface area contributed by atoms with Crippen LogP contribution in [0, 0.1) is 0 Å². The van der Waals surface area contributed by atoms with Crippen molar-refractivity contribution < 1.29 is 0 Å². The monoisotopic (exact) mass is 140 g/mol. The van der Waals surface area contributed by atoms with Crippen LogP contribution in [0.4, 0.5) is 0 Å². The quantitative estimate of drug-likeness (QED) is 0.552. The van der Waals surface area contributed by atoms with Crippen LogP contribution in [0.1, 0.15) is 33.1 Å². The van der Waals surface area contributed by atoms with E-state index in [2.05, 4.69) is 13.8 Å². The molecule has 0 aromatic rings. The summed E-state index contributed by atoms with van der Waals surface area (Å²) in [6.45, 7) is 4.42. The Morgan fingerprint density at radius 1 is 0.857 bits per heavy atom. The first-order valence-corrected chi connectivity index (χ1v) is 2.41. The first kappa shape index (κ1) is 15.6. The smallest absolute Gasteiger partial charge is 0.0538 e. The van der Waals surface area contributed by atoms with Gasteiger partial charge in [-0.25, -0.2) is 0 Å². The average molecular weight is 140 g/mol. The Labute approximate surface area is 60.6 Å². The molecule has 0 atom stereocenters. The Morgan fingerprint density at radius 3 is 1.14 bits per heavy atom. The molecule has 0 rings (SSSR count). The molecule has 0 saturated carbocycles. The van der Waals surface area contributed by atoms with Crippen molar-refractivity contribution >= 4 is 27.0 Å². The molecular formula is C5H16S2. The zero-order valence-corrected chi connectivity index (χ0v) is 7.12. The fourth-order valence-corrected chi connectivity index (χ4v) is 0.354. The number of unbranched alkanes of at least 4 members (excludes halogenated alkanes) is 2. The molecule has 0 spiro atoms. The zero-order valence-electron chi connectivity index (χ0n) is 5.12. The Kier molecular flexibility index (Phi) is 35.5. The normalized spacial score (nSPS) is 6.00. The van der Waals surface area contributed by atoms with Crippen molar-refractivity contribution in [1.29, 1.82) is 0 Å². The number of hydrogen-bond acceptors (Lipinski definition) is 0. The van der Waals surface area contributed by atoms with Gasteiger partial charge in [0, 0.05) is 0 Å². The highest BCUT2D eigenvalue weighted by Crippen LogP contribution is 1.88. The molecule has 0 aliphatic heterocycles. The van der Waals surface area contributed by atoms with Gasteiger partial charge >= 0.3 is 0 Å². The topological polar surface area (TPSA) is 0 Å². The third-order valence-corrected chi connectivity index (χ3v) is 0.707.